The van der Waals surface area contributed by atoms with Crippen LogP contribution in [0, 0.1) is 0 Å². The third-order valence-electron chi connectivity index (χ3n) is 4.52. The van der Waals surface area contributed by atoms with E-state index in [0.29, 0.717) is 0 Å². The molecule has 0 amide bonds. The third-order valence-corrected chi connectivity index (χ3v) is 5.46. The SMILES string of the molecule is C1=C(CCCCCc2ccccc2)N=C(CN2CCOCC2)CS1. The average Bonchev–Trinajstić information content (AvgIpc) is 2.63. The number of aliphatic imine (C=N–C) groups is 1. The Morgan fingerprint density at radius 1 is 1.00 bits per heavy atom. The van der Waals surface area contributed by atoms with Crippen molar-refractivity contribution < 1.29 is 4.74 Å². The van der Waals surface area contributed by atoms with Gasteiger partial charge in [-0.2, -0.15) is 0 Å². The highest BCUT2D eigenvalue weighted by Gasteiger charge is 2.15. The zero-order valence-corrected chi connectivity index (χ0v) is 15.3. The second kappa shape index (κ2) is 10.0. The number of allylic oxidation sites excluding steroid dienone is 1. The number of benzene rings is 1. The van der Waals surface area contributed by atoms with E-state index in [1.54, 1.807) is 0 Å². The molecule has 0 N–H and O–H groups in total. The van der Waals surface area contributed by atoms with E-state index in [0.717, 1.165) is 45.0 Å². The molecule has 0 bridgehead atoms. The van der Waals surface area contributed by atoms with Gasteiger partial charge in [0.05, 0.1) is 13.2 Å². The molecule has 0 radical (unpaired) electrons. The predicted octanol–water partition coefficient (Wildman–Crippen LogP) is 4.15. The summed E-state index contributed by atoms with van der Waals surface area (Å²) in [6.45, 7) is 4.83. The zero-order valence-electron chi connectivity index (χ0n) is 14.5. The van der Waals surface area contributed by atoms with Crippen molar-refractivity contribution in [3.05, 3.63) is 47.0 Å². The molecule has 0 aliphatic carbocycles. The van der Waals surface area contributed by atoms with Gasteiger partial charge >= 0.3 is 0 Å². The van der Waals surface area contributed by atoms with Crippen LogP contribution < -0.4 is 0 Å². The molecule has 1 saturated heterocycles. The highest BCUT2D eigenvalue weighted by molar-refractivity contribution is 8.02. The summed E-state index contributed by atoms with van der Waals surface area (Å²) in [4.78, 5) is 7.37. The van der Waals surface area contributed by atoms with Gasteiger partial charge in [-0.05, 0) is 36.7 Å². The molecule has 3 rings (SSSR count). The van der Waals surface area contributed by atoms with Crippen LogP contribution in [0.2, 0.25) is 0 Å². The van der Waals surface area contributed by atoms with Crippen LogP contribution in [-0.2, 0) is 11.2 Å². The van der Waals surface area contributed by atoms with E-state index in [1.807, 2.05) is 11.8 Å². The molecule has 0 unspecified atom stereocenters. The van der Waals surface area contributed by atoms with Crippen molar-refractivity contribution in [1.29, 1.82) is 0 Å². The summed E-state index contributed by atoms with van der Waals surface area (Å²) in [5.41, 5.74) is 4.08. The van der Waals surface area contributed by atoms with Crippen LogP contribution in [0.25, 0.3) is 0 Å². The van der Waals surface area contributed by atoms with Gasteiger partial charge in [-0.3, -0.25) is 9.89 Å². The fourth-order valence-corrected chi connectivity index (χ4v) is 3.96. The number of thioether (sulfide) groups is 1. The number of rotatable bonds is 8. The lowest BCUT2D eigenvalue weighted by Crippen LogP contribution is -2.40. The van der Waals surface area contributed by atoms with Gasteiger partial charge in [-0.15, -0.1) is 11.8 Å². The molecule has 2 aliphatic heterocycles. The first kappa shape index (κ1) is 17.7. The summed E-state index contributed by atoms with van der Waals surface area (Å²) < 4.78 is 5.42. The summed E-state index contributed by atoms with van der Waals surface area (Å²) in [6.07, 6.45) is 6.11. The van der Waals surface area contributed by atoms with E-state index >= 15 is 0 Å². The normalized spacial score (nSPS) is 19.0. The highest BCUT2D eigenvalue weighted by Crippen LogP contribution is 2.21. The molecule has 3 nitrogen and oxygen atoms in total. The minimum absolute atomic E-state index is 0.866. The van der Waals surface area contributed by atoms with Gasteiger partial charge < -0.3 is 4.74 Å². The number of morpholine rings is 1. The maximum absolute atomic E-state index is 5.42. The molecule has 130 valence electrons. The smallest absolute Gasteiger partial charge is 0.0594 e. The van der Waals surface area contributed by atoms with E-state index in [4.69, 9.17) is 9.73 Å². The Hall–Kier alpha value is -1.10. The van der Waals surface area contributed by atoms with Gasteiger partial charge in [0.2, 0.25) is 0 Å². The zero-order chi connectivity index (χ0) is 16.5. The van der Waals surface area contributed by atoms with Crippen LogP contribution in [0.5, 0.6) is 0 Å². The molecule has 2 heterocycles. The summed E-state index contributed by atoms with van der Waals surface area (Å²) in [5.74, 6) is 1.05. The van der Waals surface area contributed by atoms with Crippen molar-refractivity contribution in [2.45, 2.75) is 32.1 Å². The van der Waals surface area contributed by atoms with Gasteiger partial charge in [-0.1, -0.05) is 36.8 Å². The molecule has 0 aromatic heterocycles. The molecule has 4 heteroatoms. The minimum Gasteiger partial charge on any atom is -0.379 e. The standard InChI is InChI=1S/C20H28N2OS/c1-3-7-18(8-4-1)9-5-2-6-10-19-16-24-17-20(21-19)15-22-11-13-23-14-12-22/h1,3-4,7-8,16H,2,5-6,9-15,17H2. The fourth-order valence-electron chi connectivity index (χ4n) is 3.17. The number of ether oxygens (including phenoxy) is 1. The van der Waals surface area contributed by atoms with Gasteiger partial charge in [0, 0.05) is 36.8 Å². The molecule has 2 aliphatic rings. The molecule has 1 aromatic carbocycles. The molecule has 0 spiro atoms. The quantitative estimate of drug-likeness (QED) is 0.662. The summed E-state index contributed by atoms with van der Waals surface area (Å²) in [7, 11) is 0. The Morgan fingerprint density at radius 3 is 2.62 bits per heavy atom. The Balaban J connectivity index is 1.35. The van der Waals surface area contributed by atoms with Crippen molar-refractivity contribution in [1.82, 2.24) is 4.90 Å². The molecule has 1 aromatic rings. The lowest BCUT2D eigenvalue weighted by atomic mass is 10.1. The second-order valence-corrected chi connectivity index (χ2v) is 7.39. The van der Waals surface area contributed by atoms with E-state index < -0.39 is 0 Å². The minimum atomic E-state index is 0.866. The lowest BCUT2D eigenvalue weighted by Gasteiger charge is -2.27. The summed E-state index contributed by atoms with van der Waals surface area (Å²) >= 11 is 1.91. The molecule has 1 fully saturated rings. The first-order chi connectivity index (χ1) is 11.9. The molecular weight excluding hydrogens is 316 g/mol. The van der Waals surface area contributed by atoms with Crippen LogP contribution in [-0.4, -0.2) is 49.2 Å². The van der Waals surface area contributed by atoms with E-state index in [-0.39, 0.29) is 0 Å². The first-order valence-electron chi connectivity index (χ1n) is 9.11. The van der Waals surface area contributed by atoms with Gasteiger partial charge in [0.15, 0.2) is 0 Å². The number of nitrogens with zero attached hydrogens (tertiary/aromatic N) is 2. The number of hydrogen-bond acceptors (Lipinski definition) is 4. The number of aryl methyl sites for hydroxylation is 1. The number of unbranched alkanes of at least 4 members (excludes halogenated alkanes) is 2. The van der Waals surface area contributed by atoms with E-state index in [9.17, 15) is 0 Å². The predicted molar refractivity (Wildman–Crippen MR) is 104 cm³/mol. The van der Waals surface area contributed by atoms with Crippen molar-refractivity contribution in [3.63, 3.8) is 0 Å². The van der Waals surface area contributed by atoms with Crippen LogP contribution in [0.15, 0.2) is 46.4 Å². The van der Waals surface area contributed by atoms with Crippen molar-refractivity contribution in [2.75, 3.05) is 38.6 Å². The molecule has 0 atom stereocenters. The van der Waals surface area contributed by atoms with Crippen LogP contribution in [0.4, 0.5) is 0 Å². The third kappa shape index (κ3) is 6.08. The van der Waals surface area contributed by atoms with E-state index in [1.165, 1.54) is 42.7 Å². The Bertz CT molecular complexity index is 550. The summed E-state index contributed by atoms with van der Waals surface area (Å²) in [5, 5.41) is 2.26. The van der Waals surface area contributed by atoms with Gasteiger partial charge in [0.25, 0.3) is 0 Å². The van der Waals surface area contributed by atoms with Crippen LogP contribution >= 0.6 is 11.8 Å². The Labute approximate surface area is 150 Å². The number of hydrogen-bond donors (Lipinski definition) is 0. The molecule has 24 heavy (non-hydrogen) atoms. The van der Waals surface area contributed by atoms with Crippen molar-refractivity contribution in [2.24, 2.45) is 4.99 Å². The van der Waals surface area contributed by atoms with Crippen molar-refractivity contribution >= 4 is 17.5 Å². The topological polar surface area (TPSA) is 24.8 Å². The van der Waals surface area contributed by atoms with E-state index in [2.05, 4.69) is 40.6 Å². The lowest BCUT2D eigenvalue weighted by molar-refractivity contribution is 0.0452. The van der Waals surface area contributed by atoms with Crippen LogP contribution in [0.1, 0.15) is 31.2 Å². The summed E-state index contributed by atoms with van der Waals surface area (Å²) in [6, 6.07) is 10.8. The fraction of sp³-hybridized carbons (Fsp3) is 0.550. The second-order valence-electron chi connectivity index (χ2n) is 6.53. The van der Waals surface area contributed by atoms with Crippen LogP contribution in [0.3, 0.4) is 0 Å². The first-order valence-corrected chi connectivity index (χ1v) is 10.2. The monoisotopic (exact) mass is 344 g/mol. The van der Waals surface area contributed by atoms with Gasteiger partial charge in [0.1, 0.15) is 0 Å². The Morgan fingerprint density at radius 2 is 1.79 bits per heavy atom. The molecule has 0 saturated carbocycles. The molecular formula is C20H28N2OS. The average molecular weight is 345 g/mol. The van der Waals surface area contributed by atoms with Gasteiger partial charge in [-0.25, -0.2) is 0 Å². The largest absolute Gasteiger partial charge is 0.379 e. The maximum atomic E-state index is 5.42. The Kier molecular flexibility index (Phi) is 7.39. The van der Waals surface area contributed by atoms with Crippen molar-refractivity contribution in [3.8, 4) is 0 Å². The highest BCUT2D eigenvalue weighted by atomic mass is 32.2. The maximum Gasteiger partial charge on any atom is 0.0594 e.